The highest BCUT2D eigenvalue weighted by atomic mass is 35.5. The smallest absolute Gasteiger partial charge is 0.387 e. The van der Waals surface area contributed by atoms with Crippen LogP contribution in [0.3, 0.4) is 0 Å². The normalized spacial score (nSPS) is 11.9. The van der Waals surface area contributed by atoms with Crippen molar-refractivity contribution >= 4 is 33.0 Å². The number of halogens is 3. The molecule has 1 N–H and O–H groups in total. The first-order valence-corrected chi connectivity index (χ1v) is 8.67. The third-order valence-corrected chi connectivity index (χ3v) is 5.17. The Labute approximate surface area is 135 Å². The molecule has 10 heteroatoms. The molecule has 0 aliphatic rings. The highest BCUT2D eigenvalue weighted by Crippen LogP contribution is 2.28. The predicted octanol–water partition coefficient (Wildman–Crippen LogP) is 3.18. The van der Waals surface area contributed by atoms with Crippen LogP contribution in [-0.2, 0) is 16.6 Å². The molecule has 22 heavy (non-hydrogen) atoms. The Balaban J connectivity index is 2.13. The summed E-state index contributed by atoms with van der Waals surface area (Å²) in [5, 5.41) is 2.20. The van der Waals surface area contributed by atoms with E-state index in [1.807, 2.05) is 0 Å². The third kappa shape index (κ3) is 4.35. The summed E-state index contributed by atoms with van der Waals surface area (Å²) < 4.78 is 55.0. The van der Waals surface area contributed by atoms with E-state index in [0.29, 0.717) is 5.01 Å². The van der Waals surface area contributed by atoms with Gasteiger partial charge < -0.3 is 4.74 Å². The molecule has 2 rings (SSSR count). The third-order valence-electron chi connectivity index (χ3n) is 2.51. The quantitative estimate of drug-likeness (QED) is 0.850. The fourth-order valence-electron chi connectivity index (χ4n) is 1.56. The molecular formula is C12H11ClF2N2O3S2. The van der Waals surface area contributed by atoms with Crippen molar-refractivity contribution in [2.45, 2.75) is 25.0 Å². The fourth-order valence-corrected chi connectivity index (χ4v) is 3.67. The molecule has 0 atom stereocenters. The van der Waals surface area contributed by atoms with Gasteiger partial charge in [0.2, 0.25) is 10.0 Å². The van der Waals surface area contributed by atoms with E-state index in [1.165, 1.54) is 11.3 Å². The van der Waals surface area contributed by atoms with Crippen LogP contribution in [0.15, 0.2) is 28.5 Å². The molecule has 0 fully saturated rings. The summed E-state index contributed by atoms with van der Waals surface area (Å²) in [6.07, 6.45) is 0. The van der Waals surface area contributed by atoms with E-state index in [0.717, 1.165) is 23.9 Å². The van der Waals surface area contributed by atoms with Gasteiger partial charge in [0.05, 0.1) is 16.5 Å². The summed E-state index contributed by atoms with van der Waals surface area (Å²) in [6.45, 7) is -1.20. The number of aromatic nitrogens is 1. The maximum Gasteiger partial charge on any atom is 0.387 e. The molecular weight excluding hydrogens is 358 g/mol. The number of sulfonamides is 1. The Morgan fingerprint density at radius 1 is 1.45 bits per heavy atom. The van der Waals surface area contributed by atoms with Gasteiger partial charge in [-0.15, -0.1) is 11.3 Å². The first-order valence-electron chi connectivity index (χ1n) is 5.93. The van der Waals surface area contributed by atoms with Crippen molar-refractivity contribution in [3.05, 3.63) is 39.3 Å². The maximum absolute atomic E-state index is 12.1. The van der Waals surface area contributed by atoms with Gasteiger partial charge in [-0.25, -0.2) is 18.1 Å². The number of rotatable bonds is 6. The van der Waals surface area contributed by atoms with E-state index in [9.17, 15) is 17.2 Å². The molecule has 1 aromatic carbocycles. The second-order valence-corrected chi connectivity index (χ2v) is 7.29. The number of aryl methyl sites for hydroxylation is 1. The van der Waals surface area contributed by atoms with Gasteiger partial charge >= 0.3 is 6.61 Å². The summed E-state index contributed by atoms with van der Waals surface area (Å²) in [6, 6.07) is 3.27. The Bertz CT molecular complexity index is 765. The van der Waals surface area contributed by atoms with Gasteiger partial charge in [0.1, 0.15) is 10.8 Å². The van der Waals surface area contributed by atoms with E-state index in [1.54, 1.807) is 12.3 Å². The molecule has 0 saturated carbocycles. The largest absolute Gasteiger partial charge is 0.433 e. The number of ether oxygens (including phenoxy) is 1. The summed E-state index contributed by atoms with van der Waals surface area (Å²) in [5.74, 6) is -0.286. The highest BCUT2D eigenvalue weighted by molar-refractivity contribution is 7.89. The zero-order valence-electron chi connectivity index (χ0n) is 11.2. The van der Waals surface area contributed by atoms with Crippen LogP contribution in [0.2, 0.25) is 5.02 Å². The molecule has 1 heterocycles. The number of benzene rings is 1. The van der Waals surface area contributed by atoms with Gasteiger partial charge in [0.25, 0.3) is 0 Å². The number of hydrogen-bond acceptors (Lipinski definition) is 5. The van der Waals surface area contributed by atoms with Crippen molar-refractivity contribution < 1.29 is 21.9 Å². The van der Waals surface area contributed by atoms with Gasteiger partial charge in [0, 0.05) is 11.1 Å². The van der Waals surface area contributed by atoms with E-state index in [4.69, 9.17) is 11.6 Å². The Morgan fingerprint density at radius 3 is 2.73 bits per heavy atom. The molecule has 0 unspecified atom stereocenters. The number of hydrogen-bond donors (Lipinski definition) is 1. The predicted molar refractivity (Wildman–Crippen MR) is 79.0 cm³/mol. The Hall–Kier alpha value is -1.29. The molecule has 0 saturated heterocycles. The van der Waals surface area contributed by atoms with Crippen molar-refractivity contribution in [2.75, 3.05) is 0 Å². The summed E-state index contributed by atoms with van der Waals surface area (Å²) >= 11 is 7.07. The molecule has 0 aliphatic carbocycles. The minimum atomic E-state index is -3.83. The van der Waals surface area contributed by atoms with Crippen LogP contribution in [0.5, 0.6) is 5.75 Å². The minimum Gasteiger partial charge on any atom is -0.433 e. The number of nitrogens with one attached hydrogen (secondary N) is 1. The van der Waals surface area contributed by atoms with Crippen LogP contribution in [-0.4, -0.2) is 20.0 Å². The average molecular weight is 369 g/mol. The van der Waals surface area contributed by atoms with Gasteiger partial charge in [-0.1, -0.05) is 11.6 Å². The zero-order chi connectivity index (χ0) is 16.3. The van der Waals surface area contributed by atoms with Crippen molar-refractivity contribution in [1.82, 2.24) is 9.71 Å². The van der Waals surface area contributed by atoms with Gasteiger partial charge in [-0.05, 0) is 25.1 Å². The molecule has 0 spiro atoms. The van der Waals surface area contributed by atoms with Crippen molar-refractivity contribution in [1.29, 1.82) is 0 Å². The highest BCUT2D eigenvalue weighted by Gasteiger charge is 2.17. The SMILES string of the molecule is Cc1csc(CNS(=O)(=O)c2ccc(OC(F)F)c(Cl)c2)n1. The van der Waals surface area contributed by atoms with Crippen LogP contribution in [0, 0.1) is 6.92 Å². The average Bonchev–Trinajstić information content (AvgIpc) is 2.84. The monoisotopic (exact) mass is 368 g/mol. The topological polar surface area (TPSA) is 68.3 Å². The Kier molecular flexibility index (Phi) is 5.32. The lowest BCUT2D eigenvalue weighted by molar-refractivity contribution is -0.0498. The van der Waals surface area contributed by atoms with E-state index in [2.05, 4.69) is 14.4 Å². The Morgan fingerprint density at radius 2 is 2.18 bits per heavy atom. The van der Waals surface area contributed by atoms with Crippen LogP contribution >= 0.6 is 22.9 Å². The lowest BCUT2D eigenvalue weighted by atomic mass is 10.3. The molecule has 5 nitrogen and oxygen atoms in total. The maximum atomic E-state index is 12.1. The molecule has 1 aromatic heterocycles. The van der Waals surface area contributed by atoms with E-state index >= 15 is 0 Å². The zero-order valence-corrected chi connectivity index (χ0v) is 13.6. The minimum absolute atomic E-state index is 0.0355. The van der Waals surface area contributed by atoms with E-state index in [-0.39, 0.29) is 22.2 Å². The molecule has 0 amide bonds. The van der Waals surface area contributed by atoms with Crippen LogP contribution < -0.4 is 9.46 Å². The van der Waals surface area contributed by atoms with Gasteiger partial charge in [-0.2, -0.15) is 8.78 Å². The summed E-state index contributed by atoms with van der Waals surface area (Å²) in [4.78, 5) is 3.99. The van der Waals surface area contributed by atoms with Crippen LogP contribution in [0.25, 0.3) is 0 Å². The van der Waals surface area contributed by atoms with Crippen molar-refractivity contribution in [3.63, 3.8) is 0 Å². The fraction of sp³-hybridized carbons (Fsp3) is 0.250. The van der Waals surface area contributed by atoms with E-state index < -0.39 is 16.6 Å². The second-order valence-electron chi connectivity index (χ2n) is 4.18. The van der Waals surface area contributed by atoms with Gasteiger partial charge in [-0.3, -0.25) is 0 Å². The first kappa shape index (κ1) is 17.1. The molecule has 0 bridgehead atoms. The summed E-state index contributed by atoms with van der Waals surface area (Å²) in [5.41, 5.74) is 0.802. The van der Waals surface area contributed by atoms with Crippen molar-refractivity contribution in [2.24, 2.45) is 0 Å². The lowest BCUT2D eigenvalue weighted by Gasteiger charge is -2.09. The lowest BCUT2D eigenvalue weighted by Crippen LogP contribution is -2.23. The standard InChI is InChI=1S/C12H11ClF2N2O3S2/c1-7-6-21-11(17-7)5-16-22(18,19)8-2-3-10(9(13)4-8)20-12(14)15/h2-4,6,12,16H,5H2,1H3. The van der Waals surface area contributed by atoms with Crippen molar-refractivity contribution in [3.8, 4) is 5.75 Å². The first-order chi connectivity index (χ1) is 10.3. The van der Waals surface area contributed by atoms with Gasteiger partial charge in [0.15, 0.2) is 0 Å². The second kappa shape index (κ2) is 6.86. The number of thiazole rings is 1. The molecule has 120 valence electrons. The number of nitrogens with zero attached hydrogens (tertiary/aromatic N) is 1. The summed E-state index contributed by atoms with van der Waals surface area (Å²) in [7, 11) is -3.83. The van der Waals surface area contributed by atoms with Crippen LogP contribution in [0.1, 0.15) is 10.7 Å². The molecule has 0 radical (unpaired) electrons. The number of alkyl halides is 2. The van der Waals surface area contributed by atoms with Crippen LogP contribution in [0.4, 0.5) is 8.78 Å². The molecule has 0 aliphatic heterocycles. The molecule has 2 aromatic rings.